The molecule has 4 heteroatoms. The standard InChI is InChI=1S/C14H16N2O2/c1-10(2)9-18-13-6-4-3-5-11(13)12-7-15-8-14(17)16-12/h3-8,10H,9H2,1-2H3,(H,16,17). The molecular formula is C14H16N2O2. The van der Waals surface area contributed by atoms with Crippen molar-refractivity contribution in [2.75, 3.05) is 6.61 Å². The van der Waals surface area contributed by atoms with Crippen LogP contribution in [-0.2, 0) is 0 Å². The zero-order valence-electron chi connectivity index (χ0n) is 10.5. The Labute approximate surface area is 106 Å². The van der Waals surface area contributed by atoms with Crippen molar-refractivity contribution >= 4 is 0 Å². The maximum absolute atomic E-state index is 11.3. The summed E-state index contributed by atoms with van der Waals surface area (Å²) in [5, 5.41) is 0. The first-order chi connectivity index (χ1) is 8.66. The van der Waals surface area contributed by atoms with Crippen LogP contribution < -0.4 is 10.3 Å². The van der Waals surface area contributed by atoms with Gasteiger partial charge in [-0.2, -0.15) is 0 Å². The second kappa shape index (κ2) is 5.49. The summed E-state index contributed by atoms with van der Waals surface area (Å²) in [6, 6.07) is 7.61. The number of aromatic nitrogens is 2. The van der Waals surface area contributed by atoms with E-state index in [1.54, 1.807) is 6.20 Å². The molecule has 4 nitrogen and oxygen atoms in total. The van der Waals surface area contributed by atoms with Gasteiger partial charge in [0.1, 0.15) is 5.75 Å². The number of nitrogens with one attached hydrogen (secondary N) is 1. The molecule has 0 atom stereocenters. The van der Waals surface area contributed by atoms with E-state index < -0.39 is 0 Å². The largest absolute Gasteiger partial charge is 0.493 e. The van der Waals surface area contributed by atoms with Crippen LogP contribution >= 0.6 is 0 Å². The van der Waals surface area contributed by atoms with Crippen LogP contribution in [-0.4, -0.2) is 16.6 Å². The smallest absolute Gasteiger partial charge is 0.266 e. The van der Waals surface area contributed by atoms with Crippen molar-refractivity contribution in [3.63, 3.8) is 0 Å². The van der Waals surface area contributed by atoms with Crippen LogP contribution in [0.3, 0.4) is 0 Å². The Morgan fingerprint density at radius 3 is 2.78 bits per heavy atom. The maximum atomic E-state index is 11.3. The van der Waals surface area contributed by atoms with Crippen molar-refractivity contribution in [2.45, 2.75) is 13.8 Å². The van der Waals surface area contributed by atoms with Crippen molar-refractivity contribution in [2.24, 2.45) is 5.92 Å². The summed E-state index contributed by atoms with van der Waals surface area (Å²) in [5.41, 5.74) is 1.30. The Balaban J connectivity index is 2.35. The number of ether oxygens (including phenoxy) is 1. The molecule has 0 unspecified atom stereocenters. The minimum Gasteiger partial charge on any atom is -0.493 e. The molecule has 1 aromatic carbocycles. The van der Waals surface area contributed by atoms with Crippen molar-refractivity contribution in [3.05, 3.63) is 47.0 Å². The minimum absolute atomic E-state index is 0.217. The molecule has 2 aromatic rings. The third-order valence-corrected chi connectivity index (χ3v) is 2.40. The second-order valence-electron chi connectivity index (χ2n) is 4.51. The summed E-state index contributed by atoms with van der Waals surface area (Å²) in [4.78, 5) is 17.9. The molecule has 0 fully saturated rings. The number of hydrogen-bond acceptors (Lipinski definition) is 3. The Bertz CT molecular complexity index is 576. The van der Waals surface area contributed by atoms with Crippen LogP contribution in [0.25, 0.3) is 11.3 Å². The molecule has 0 bridgehead atoms. The average molecular weight is 244 g/mol. The van der Waals surface area contributed by atoms with Crippen molar-refractivity contribution in [1.82, 2.24) is 9.97 Å². The van der Waals surface area contributed by atoms with Crippen LogP contribution in [0, 0.1) is 5.92 Å². The van der Waals surface area contributed by atoms with E-state index in [0.29, 0.717) is 18.2 Å². The lowest BCUT2D eigenvalue weighted by atomic mass is 10.1. The quantitative estimate of drug-likeness (QED) is 0.898. The topological polar surface area (TPSA) is 55.0 Å². The number of hydrogen-bond donors (Lipinski definition) is 1. The third-order valence-electron chi connectivity index (χ3n) is 2.40. The summed E-state index contributed by atoms with van der Waals surface area (Å²) in [6.07, 6.45) is 2.88. The van der Waals surface area contributed by atoms with E-state index in [1.165, 1.54) is 6.20 Å². The van der Waals surface area contributed by atoms with E-state index in [1.807, 2.05) is 24.3 Å². The SMILES string of the molecule is CC(C)COc1ccccc1-c1cncc(=O)[nH]1. The monoisotopic (exact) mass is 244 g/mol. The highest BCUT2D eigenvalue weighted by Crippen LogP contribution is 2.27. The van der Waals surface area contributed by atoms with Crippen LogP contribution in [0.4, 0.5) is 0 Å². The molecule has 18 heavy (non-hydrogen) atoms. The molecule has 2 rings (SSSR count). The van der Waals surface area contributed by atoms with Gasteiger partial charge in [-0.3, -0.25) is 9.78 Å². The van der Waals surface area contributed by atoms with Crippen molar-refractivity contribution < 1.29 is 4.74 Å². The van der Waals surface area contributed by atoms with Crippen LogP contribution in [0.2, 0.25) is 0 Å². The van der Waals surface area contributed by atoms with Gasteiger partial charge in [0.05, 0.1) is 24.7 Å². The number of nitrogens with zero attached hydrogens (tertiary/aromatic N) is 1. The van der Waals surface area contributed by atoms with Gasteiger partial charge in [0, 0.05) is 5.56 Å². The van der Waals surface area contributed by atoms with Crippen molar-refractivity contribution in [1.29, 1.82) is 0 Å². The van der Waals surface area contributed by atoms with E-state index in [2.05, 4.69) is 23.8 Å². The zero-order valence-corrected chi connectivity index (χ0v) is 10.5. The Kier molecular flexibility index (Phi) is 3.77. The maximum Gasteiger partial charge on any atom is 0.266 e. The molecule has 94 valence electrons. The molecule has 0 radical (unpaired) electrons. The summed E-state index contributed by atoms with van der Waals surface area (Å²) < 4.78 is 5.74. The molecule has 1 N–H and O–H groups in total. The molecule has 0 saturated heterocycles. The summed E-state index contributed by atoms with van der Waals surface area (Å²) in [5.74, 6) is 1.21. The Morgan fingerprint density at radius 2 is 2.06 bits per heavy atom. The molecule has 0 aliphatic heterocycles. The molecule has 0 saturated carbocycles. The van der Waals surface area contributed by atoms with Gasteiger partial charge in [0.2, 0.25) is 0 Å². The Hall–Kier alpha value is -2.10. The van der Waals surface area contributed by atoms with Gasteiger partial charge in [0.25, 0.3) is 5.56 Å². The molecule has 0 aliphatic rings. The van der Waals surface area contributed by atoms with Gasteiger partial charge < -0.3 is 9.72 Å². The molecule has 1 heterocycles. The first-order valence-corrected chi connectivity index (χ1v) is 5.93. The van der Waals surface area contributed by atoms with Gasteiger partial charge in [-0.15, -0.1) is 0 Å². The van der Waals surface area contributed by atoms with Crippen molar-refractivity contribution in [3.8, 4) is 17.0 Å². The summed E-state index contributed by atoms with van der Waals surface area (Å²) in [6.45, 7) is 4.82. The van der Waals surface area contributed by atoms with Crippen LogP contribution in [0.15, 0.2) is 41.5 Å². The number of benzene rings is 1. The fourth-order valence-corrected chi connectivity index (χ4v) is 1.59. The Morgan fingerprint density at radius 1 is 1.28 bits per heavy atom. The van der Waals surface area contributed by atoms with Gasteiger partial charge in [-0.25, -0.2) is 0 Å². The first-order valence-electron chi connectivity index (χ1n) is 5.93. The van der Waals surface area contributed by atoms with Gasteiger partial charge in [-0.05, 0) is 18.1 Å². The van der Waals surface area contributed by atoms with Gasteiger partial charge in [-0.1, -0.05) is 26.0 Å². The molecule has 0 amide bonds. The summed E-state index contributed by atoms with van der Waals surface area (Å²) >= 11 is 0. The normalized spacial score (nSPS) is 10.6. The lowest BCUT2D eigenvalue weighted by Crippen LogP contribution is -2.08. The third kappa shape index (κ3) is 2.97. The van der Waals surface area contributed by atoms with Crippen LogP contribution in [0.1, 0.15) is 13.8 Å². The first kappa shape index (κ1) is 12.4. The van der Waals surface area contributed by atoms with Gasteiger partial charge >= 0.3 is 0 Å². The molecule has 0 aliphatic carbocycles. The van der Waals surface area contributed by atoms with E-state index in [9.17, 15) is 4.79 Å². The molecule has 1 aromatic heterocycles. The summed E-state index contributed by atoms with van der Waals surface area (Å²) in [7, 11) is 0. The number of aromatic amines is 1. The minimum atomic E-state index is -0.217. The highest BCUT2D eigenvalue weighted by molar-refractivity contribution is 5.66. The zero-order chi connectivity index (χ0) is 13.0. The molecule has 0 spiro atoms. The van der Waals surface area contributed by atoms with Crippen LogP contribution in [0.5, 0.6) is 5.75 Å². The predicted molar refractivity (Wildman–Crippen MR) is 70.6 cm³/mol. The van der Waals surface area contributed by atoms with E-state index in [4.69, 9.17) is 4.74 Å². The van der Waals surface area contributed by atoms with E-state index >= 15 is 0 Å². The molecular weight excluding hydrogens is 228 g/mol. The number of rotatable bonds is 4. The highest BCUT2D eigenvalue weighted by Gasteiger charge is 2.07. The number of para-hydroxylation sites is 1. The van der Waals surface area contributed by atoms with E-state index in [0.717, 1.165) is 11.3 Å². The van der Waals surface area contributed by atoms with E-state index in [-0.39, 0.29) is 5.56 Å². The predicted octanol–water partition coefficient (Wildman–Crippen LogP) is 2.47. The lowest BCUT2D eigenvalue weighted by Gasteiger charge is -2.12. The average Bonchev–Trinajstić information content (AvgIpc) is 2.36. The lowest BCUT2D eigenvalue weighted by molar-refractivity contribution is 0.272. The highest BCUT2D eigenvalue weighted by atomic mass is 16.5. The second-order valence-corrected chi connectivity index (χ2v) is 4.51. The fraction of sp³-hybridized carbons (Fsp3) is 0.286. The van der Waals surface area contributed by atoms with Gasteiger partial charge in [0.15, 0.2) is 0 Å². The fourth-order valence-electron chi connectivity index (χ4n) is 1.59. The number of H-pyrrole nitrogens is 1.